The van der Waals surface area contributed by atoms with Gasteiger partial charge in [0, 0.05) is 12.1 Å². The van der Waals surface area contributed by atoms with Crippen LogP contribution in [-0.4, -0.2) is 16.6 Å². The molecule has 0 amide bonds. The van der Waals surface area contributed by atoms with Crippen LogP contribution in [0, 0.1) is 11.8 Å². The maximum atomic E-state index is 13.4. The van der Waals surface area contributed by atoms with Crippen LogP contribution in [0.15, 0.2) is 42.5 Å². The summed E-state index contributed by atoms with van der Waals surface area (Å²) < 4.78 is 26.2. The number of anilines is 1. The van der Waals surface area contributed by atoms with Crippen molar-refractivity contribution >= 4 is 5.82 Å². The van der Waals surface area contributed by atoms with E-state index in [2.05, 4.69) is 10.3 Å². The van der Waals surface area contributed by atoms with E-state index in [0.717, 1.165) is 0 Å². The van der Waals surface area contributed by atoms with Gasteiger partial charge in [-0.05, 0) is 18.2 Å². The maximum absolute atomic E-state index is 13.4. The van der Waals surface area contributed by atoms with Crippen LogP contribution in [-0.2, 0) is 0 Å². The zero-order valence-electron chi connectivity index (χ0n) is 9.48. The maximum Gasteiger partial charge on any atom is 0.214 e. The second kappa shape index (κ2) is 5.55. The highest BCUT2D eigenvalue weighted by molar-refractivity contribution is 5.34. The molecule has 1 atom stereocenters. The van der Waals surface area contributed by atoms with E-state index < -0.39 is 17.9 Å². The normalized spacial score (nSPS) is 12.2. The van der Waals surface area contributed by atoms with E-state index >= 15 is 0 Å². The molecule has 1 heterocycles. The predicted molar refractivity (Wildman–Crippen MR) is 64.0 cm³/mol. The first-order chi connectivity index (χ1) is 8.66. The molecule has 2 aromatic rings. The van der Waals surface area contributed by atoms with Gasteiger partial charge in [-0.1, -0.05) is 24.3 Å². The van der Waals surface area contributed by atoms with Crippen molar-refractivity contribution in [3.05, 3.63) is 59.8 Å². The number of rotatable bonds is 4. The number of halogens is 2. The molecule has 2 N–H and O–H groups in total. The van der Waals surface area contributed by atoms with Crippen molar-refractivity contribution in [1.82, 2.24) is 4.98 Å². The van der Waals surface area contributed by atoms with Gasteiger partial charge in [0.25, 0.3) is 0 Å². The van der Waals surface area contributed by atoms with Crippen LogP contribution in [0.5, 0.6) is 0 Å². The lowest BCUT2D eigenvalue weighted by molar-refractivity contribution is 0.186. The van der Waals surface area contributed by atoms with E-state index in [0.29, 0.717) is 5.82 Å². The van der Waals surface area contributed by atoms with Crippen molar-refractivity contribution in [3.63, 3.8) is 0 Å². The third-order valence-electron chi connectivity index (χ3n) is 2.46. The predicted octanol–water partition coefficient (Wildman–Crippen LogP) is 2.51. The van der Waals surface area contributed by atoms with Gasteiger partial charge in [-0.2, -0.15) is 4.39 Å². The summed E-state index contributed by atoms with van der Waals surface area (Å²) in [6, 6.07) is 10.3. The molecule has 2 rings (SSSR count). The third-order valence-corrected chi connectivity index (χ3v) is 2.46. The number of hydrogen-bond acceptors (Lipinski definition) is 3. The second-order valence-electron chi connectivity index (χ2n) is 3.76. The molecular formula is C13H12F2N2O. The molecule has 1 aromatic heterocycles. The smallest absolute Gasteiger partial charge is 0.214 e. The van der Waals surface area contributed by atoms with Crippen molar-refractivity contribution in [2.75, 3.05) is 11.9 Å². The molecule has 0 unspecified atom stereocenters. The standard InChI is InChI=1S/C13H12F2N2O/c14-10-5-2-1-4-9(10)11(18)8-16-13-7-3-6-12(15)17-13/h1-7,11,18H,8H2,(H,16,17)/t11-/m0/s1. The van der Waals surface area contributed by atoms with Gasteiger partial charge in [-0.3, -0.25) is 0 Å². The molecule has 0 saturated heterocycles. The minimum Gasteiger partial charge on any atom is -0.386 e. The first-order valence-electron chi connectivity index (χ1n) is 5.46. The quantitative estimate of drug-likeness (QED) is 0.819. The van der Waals surface area contributed by atoms with Crippen LogP contribution < -0.4 is 5.32 Å². The fourth-order valence-corrected chi connectivity index (χ4v) is 1.56. The Balaban J connectivity index is 2.00. The number of nitrogens with zero attached hydrogens (tertiary/aromatic N) is 1. The summed E-state index contributed by atoms with van der Waals surface area (Å²) in [4.78, 5) is 3.58. The summed E-state index contributed by atoms with van der Waals surface area (Å²) in [5, 5.41) is 12.6. The van der Waals surface area contributed by atoms with Crippen LogP contribution in [0.25, 0.3) is 0 Å². The van der Waals surface area contributed by atoms with Crippen LogP contribution in [0.2, 0.25) is 0 Å². The molecule has 0 fully saturated rings. The highest BCUT2D eigenvalue weighted by Gasteiger charge is 2.11. The highest BCUT2D eigenvalue weighted by Crippen LogP contribution is 2.17. The van der Waals surface area contributed by atoms with Crippen molar-refractivity contribution in [2.24, 2.45) is 0 Å². The Kier molecular flexibility index (Phi) is 3.84. The molecule has 0 bridgehead atoms. The Bertz CT molecular complexity index is 534. The molecule has 0 radical (unpaired) electrons. The number of nitrogens with one attached hydrogen (secondary N) is 1. The van der Waals surface area contributed by atoms with Gasteiger partial charge in [0.05, 0.1) is 6.10 Å². The topological polar surface area (TPSA) is 45.1 Å². The van der Waals surface area contributed by atoms with E-state index in [4.69, 9.17) is 0 Å². The van der Waals surface area contributed by atoms with Crippen LogP contribution in [0.1, 0.15) is 11.7 Å². The fourth-order valence-electron chi connectivity index (χ4n) is 1.56. The molecule has 18 heavy (non-hydrogen) atoms. The summed E-state index contributed by atoms with van der Waals surface area (Å²) in [5.41, 5.74) is 0.196. The third kappa shape index (κ3) is 3.01. The van der Waals surface area contributed by atoms with Gasteiger partial charge >= 0.3 is 0 Å². The van der Waals surface area contributed by atoms with E-state index in [1.165, 1.54) is 24.3 Å². The van der Waals surface area contributed by atoms with Crippen LogP contribution >= 0.6 is 0 Å². The van der Waals surface area contributed by atoms with E-state index in [1.54, 1.807) is 18.2 Å². The minimum atomic E-state index is -1.02. The molecule has 0 aliphatic rings. The van der Waals surface area contributed by atoms with Crippen molar-refractivity contribution in [3.8, 4) is 0 Å². The van der Waals surface area contributed by atoms with Crippen molar-refractivity contribution < 1.29 is 13.9 Å². The molecule has 0 aliphatic carbocycles. The minimum absolute atomic E-state index is 0.0530. The molecule has 0 aliphatic heterocycles. The lowest BCUT2D eigenvalue weighted by atomic mass is 10.1. The molecule has 0 spiro atoms. The van der Waals surface area contributed by atoms with E-state index in [-0.39, 0.29) is 12.1 Å². The monoisotopic (exact) mass is 250 g/mol. The second-order valence-corrected chi connectivity index (χ2v) is 3.76. The van der Waals surface area contributed by atoms with Crippen molar-refractivity contribution in [2.45, 2.75) is 6.10 Å². The fraction of sp³-hybridized carbons (Fsp3) is 0.154. The zero-order valence-corrected chi connectivity index (χ0v) is 9.48. The Morgan fingerprint density at radius 1 is 1.11 bits per heavy atom. The molecule has 94 valence electrons. The first-order valence-corrected chi connectivity index (χ1v) is 5.46. The van der Waals surface area contributed by atoms with Gasteiger partial charge in [0.2, 0.25) is 5.95 Å². The average molecular weight is 250 g/mol. The Hall–Kier alpha value is -2.01. The van der Waals surface area contributed by atoms with Crippen molar-refractivity contribution in [1.29, 1.82) is 0 Å². The Labute approximate surface area is 103 Å². The molecular weight excluding hydrogens is 238 g/mol. The van der Waals surface area contributed by atoms with Gasteiger partial charge < -0.3 is 10.4 Å². The molecule has 0 saturated carbocycles. The van der Waals surface area contributed by atoms with Crippen LogP contribution in [0.3, 0.4) is 0 Å². The number of benzene rings is 1. The number of aromatic nitrogens is 1. The molecule has 5 heteroatoms. The van der Waals surface area contributed by atoms with Crippen LogP contribution in [0.4, 0.5) is 14.6 Å². The zero-order chi connectivity index (χ0) is 13.0. The number of pyridine rings is 1. The summed E-state index contributed by atoms with van der Waals surface area (Å²) in [6.45, 7) is 0.0530. The van der Waals surface area contributed by atoms with Gasteiger partial charge in [-0.25, -0.2) is 9.37 Å². The first kappa shape index (κ1) is 12.4. The summed E-state index contributed by atoms with van der Waals surface area (Å²) >= 11 is 0. The number of hydrogen-bond donors (Lipinski definition) is 2. The average Bonchev–Trinajstić information content (AvgIpc) is 2.37. The number of aliphatic hydroxyl groups excluding tert-OH is 1. The lowest BCUT2D eigenvalue weighted by Gasteiger charge is -2.13. The summed E-state index contributed by atoms with van der Waals surface area (Å²) in [5.74, 6) is -0.787. The summed E-state index contributed by atoms with van der Waals surface area (Å²) in [6.07, 6.45) is -1.02. The van der Waals surface area contributed by atoms with E-state index in [1.807, 2.05) is 0 Å². The number of aliphatic hydroxyl groups is 1. The molecule has 1 aromatic carbocycles. The Morgan fingerprint density at radius 3 is 2.61 bits per heavy atom. The van der Waals surface area contributed by atoms with Gasteiger partial charge in [0.15, 0.2) is 0 Å². The van der Waals surface area contributed by atoms with Gasteiger partial charge in [0.1, 0.15) is 11.6 Å². The Morgan fingerprint density at radius 2 is 1.89 bits per heavy atom. The van der Waals surface area contributed by atoms with Gasteiger partial charge in [-0.15, -0.1) is 0 Å². The van der Waals surface area contributed by atoms with E-state index in [9.17, 15) is 13.9 Å². The molecule has 3 nitrogen and oxygen atoms in total. The highest BCUT2D eigenvalue weighted by atomic mass is 19.1. The SMILES string of the molecule is O[C@@H](CNc1cccc(F)n1)c1ccccc1F. The lowest BCUT2D eigenvalue weighted by Crippen LogP contribution is -2.14. The summed E-state index contributed by atoms with van der Waals surface area (Å²) in [7, 11) is 0. The largest absolute Gasteiger partial charge is 0.386 e.